The average molecular weight is 429 g/mol. The SMILES string of the molecule is O[C@@H]1CCC[C@H]1[NH2+]CC[NH2+][C@H]1CCC[C@@H]1O.[O-][Cl+3]([O-])([O-])[O-].[O-][Cl+3]([O-])([O-])[O-]. The molecule has 0 bridgehead atoms. The highest BCUT2D eigenvalue weighted by Crippen LogP contribution is 2.16. The third-order valence-electron chi connectivity index (χ3n) is 4.17. The molecule has 2 saturated carbocycles. The summed E-state index contributed by atoms with van der Waals surface area (Å²) >= 11 is 0. The van der Waals surface area contributed by atoms with Gasteiger partial charge in [-0.15, -0.1) is 20.5 Å². The van der Waals surface area contributed by atoms with Gasteiger partial charge in [0.25, 0.3) is 0 Å². The molecule has 0 amide bonds. The van der Waals surface area contributed by atoms with Crippen LogP contribution in [-0.4, -0.2) is 47.6 Å². The van der Waals surface area contributed by atoms with E-state index >= 15 is 0 Å². The van der Waals surface area contributed by atoms with Crippen molar-refractivity contribution in [2.75, 3.05) is 13.1 Å². The van der Waals surface area contributed by atoms with Gasteiger partial charge in [0.2, 0.25) is 0 Å². The van der Waals surface area contributed by atoms with Crippen LogP contribution >= 0.6 is 0 Å². The Morgan fingerprint density at radius 3 is 1.08 bits per heavy atom. The van der Waals surface area contributed by atoms with E-state index in [0.717, 1.165) is 38.8 Å². The number of nitrogens with two attached hydrogens (primary N) is 2. The molecule has 158 valence electrons. The molecule has 26 heavy (non-hydrogen) atoms. The summed E-state index contributed by atoms with van der Waals surface area (Å²) in [7, 11) is -9.89. The molecule has 0 aromatic rings. The van der Waals surface area contributed by atoms with Crippen LogP contribution in [0.1, 0.15) is 38.5 Å². The van der Waals surface area contributed by atoms with Gasteiger partial charge in [0, 0.05) is 12.8 Å². The summed E-state index contributed by atoms with van der Waals surface area (Å²) in [5, 5.41) is 23.9. The van der Waals surface area contributed by atoms with Gasteiger partial charge in [-0.05, 0) is 25.7 Å². The fraction of sp³-hybridized carbons (Fsp3) is 1.00. The second kappa shape index (κ2) is 12.5. The third kappa shape index (κ3) is 17.5. The maximum Gasteiger partial charge on any atom is 0.126 e. The van der Waals surface area contributed by atoms with Gasteiger partial charge < -0.3 is 20.8 Å². The summed E-state index contributed by atoms with van der Waals surface area (Å²) in [6.07, 6.45) is 6.45. The van der Waals surface area contributed by atoms with Gasteiger partial charge in [-0.2, -0.15) is 0 Å². The van der Waals surface area contributed by atoms with E-state index in [2.05, 4.69) is 10.6 Å². The molecule has 2 aliphatic rings. The molecular formula is C12H26Cl2N2O10. The summed E-state index contributed by atoms with van der Waals surface area (Å²) in [6, 6.07) is 0.865. The number of aliphatic hydroxyl groups is 2. The molecule has 14 heteroatoms. The van der Waals surface area contributed by atoms with Crippen molar-refractivity contribution in [3.05, 3.63) is 0 Å². The van der Waals surface area contributed by atoms with Gasteiger partial charge in [-0.1, -0.05) is 0 Å². The molecule has 0 aromatic heterocycles. The first kappa shape index (κ1) is 26.1. The van der Waals surface area contributed by atoms with Crippen molar-refractivity contribution in [1.82, 2.24) is 0 Å². The van der Waals surface area contributed by atoms with Crippen molar-refractivity contribution in [3.8, 4) is 0 Å². The summed E-state index contributed by atoms with van der Waals surface area (Å²) in [6.45, 7) is 2.12. The number of aliphatic hydroxyl groups excluding tert-OH is 2. The van der Waals surface area contributed by atoms with Gasteiger partial charge in [0.05, 0.1) is 0 Å². The molecule has 6 N–H and O–H groups in total. The molecule has 2 fully saturated rings. The molecule has 0 spiro atoms. The minimum absolute atomic E-state index is 0.0860. The van der Waals surface area contributed by atoms with Crippen LogP contribution in [0, 0.1) is 20.5 Å². The van der Waals surface area contributed by atoms with Crippen molar-refractivity contribution >= 4 is 0 Å². The highest BCUT2D eigenvalue weighted by molar-refractivity contribution is 4.75. The maximum absolute atomic E-state index is 9.66. The molecule has 0 aromatic carbocycles. The lowest BCUT2D eigenvalue weighted by molar-refractivity contribution is -2.00. The van der Waals surface area contributed by atoms with Crippen LogP contribution in [0.25, 0.3) is 0 Å². The Balaban J connectivity index is 0.000000520. The fourth-order valence-electron chi connectivity index (χ4n) is 3.11. The summed E-state index contributed by atoms with van der Waals surface area (Å²) in [4.78, 5) is 0. The lowest BCUT2D eigenvalue weighted by Crippen LogP contribution is -3.00. The second-order valence-corrected chi connectivity index (χ2v) is 7.64. The highest BCUT2D eigenvalue weighted by atomic mass is 35.7. The quantitative estimate of drug-likeness (QED) is 0.300. The van der Waals surface area contributed by atoms with E-state index in [9.17, 15) is 10.2 Å². The summed E-state index contributed by atoms with van der Waals surface area (Å²) in [5.74, 6) is 0. The van der Waals surface area contributed by atoms with E-state index < -0.39 is 20.5 Å². The predicted octanol–water partition coefficient (Wildman–Crippen LogP) is -11.6. The van der Waals surface area contributed by atoms with Crippen molar-refractivity contribution in [2.24, 2.45) is 0 Å². The van der Waals surface area contributed by atoms with Crippen LogP contribution in [0.3, 0.4) is 0 Å². The first-order valence-electron chi connectivity index (χ1n) is 8.03. The topological polar surface area (TPSA) is 258 Å². The largest absolute Gasteiger partial charge is 0.387 e. The van der Waals surface area contributed by atoms with Gasteiger partial charge >= 0.3 is 0 Å². The zero-order valence-electron chi connectivity index (χ0n) is 14.0. The number of hydrogen-bond donors (Lipinski definition) is 4. The Labute approximate surface area is 155 Å². The third-order valence-corrected chi connectivity index (χ3v) is 4.17. The zero-order valence-corrected chi connectivity index (χ0v) is 15.5. The lowest BCUT2D eigenvalue weighted by atomic mass is 10.2. The van der Waals surface area contributed by atoms with Crippen LogP contribution in [0.15, 0.2) is 0 Å². The molecule has 12 nitrogen and oxygen atoms in total. The number of halogens is 2. The molecule has 2 aliphatic carbocycles. The first-order valence-corrected chi connectivity index (χ1v) is 10.5. The van der Waals surface area contributed by atoms with E-state index in [1.54, 1.807) is 0 Å². The molecule has 0 aliphatic heterocycles. The molecule has 4 atom stereocenters. The first-order chi connectivity index (χ1) is 11.8. The molecule has 0 saturated heterocycles. The van der Waals surface area contributed by atoms with Crippen molar-refractivity contribution in [1.29, 1.82) is 0 Å². The summed E-state index contributed by atoms with van der Waals surface area (Å²) in [5.41, 5.74) is 0. The van der Waals surface area contributed by atoms with Gasteiger partial charge in [0.15, 0.2) is 0 Å². The van der Waals surface area contributed by atoms with Gasteiger partial charge in [-0.3, -0.25) is 0 Å². The number of quaternary nitrogens is 2. The Bertz CT molecular complexity index is 323. The van der Waals surface area contributed by atoms with E-state index in [0.29, 0.717) is 12.1 Å². The average Bonchev–Trinajstić information content (AvgIpc) is 3.00. The fourth-order valence-corrected chi connectivity index (χ4v) is 3.11. The van der Waals surface area contributed by atoms with E-state index in [1.165, 1.54) is 12.8 Å². The van der Waals surface area contributed by atoms with Gasteiger partial charge in [-0.25, -0.2) is 37.3 Å². The van der Waals surface area contributed by atoms with Gasteiger partial charge in [0.1, 0.15) is 37.4 Å². The smallest absolute Gasteiger partial charge is 0.126 e. The van der Waals surface area contributed by atoms with Crippen molar-refractivity contribution in [3.63, 3.8) is 0 Å². The number of rotatable bonds is 5. The monoisotopic (exact) mass is 428 g/mol. The van der Waals surface area contributed by atoms with E-state index in [4.69, 9.17) is 37.3 Å². The molecular weight excluding hydrogens is 403 g/mol. The lowest BCUT2D eigenvalue weighted by Gasteiger charge is -2.17. The Kier molecular flexibility index (Phi) is 12.6. The van der Waals surface area contributed by atoms with E-state index in [-0.39, 0.29) is 12.2 Å². The minimum Gasteiger partial charge on any atom is -0.387 e. The van der Waals surface area contributed by atoms with Crippen LogP contribution in [-0.2, 0) is 0 Å². The summed E-state index contributed by atoms with van der Waals surface area (Å²) < 4.78 is 67.9. The molecule has 0 heterocycles. The maximum atomic E-state index is 9.66. The minimum atomic E-state index is -4.94. The molecule has 0 radical (unpaired) electrons. The standard InChI is InChI=1S/C12H24N2O2.2ClHO4/c15-11-5-1-3-9(11)13-7-8-14-10-4-2-6-12(10)16;2*2-1(3,4)5/h9-16H,1-8H2;2*(H,2,3,4,5)/t9-,10+,11-,12+;;. The second-order valence-electron chi connectivity index (χ2n) is 6.13. The normalized spacial score (nSPS) is 28.8. The zero-order chi connectivity index (χ0) is 20.4. The Hall–Kier alpha value is 0.1000. The van der Waals surface area contributed by atoms with Crippen molar-refractivity contribution < 1.29 is 78.6 Å². The highest BCUT2D eigenvalue weighted by Gasteiger charge is 2.29. The van der Waals surface area contributed by atoms with Crippen molar-refractivity contribution in [2.45, 2.75) is 62.8 Å². The Morgan fingerprint density at radius 2 is 0.885 bits per heavy atom. The molecule has 2 rings (SSSR count). The van der Waals surface area contributed by atoms with Crippen LogP contribution in [0.2, 0.25) is 0 Å². The Morgan fingerprint density at radius 1 is 0.615 bits per heavy atom. The van der Waals surface area contributed by atoms with Crippen LogP contribution < -0.4 is 47.9 Å². The van der Waals surface area contributed by atoms with E-state index in [1.807, 2.05) is 0 Å². The van der Waals surface area contributed by atoms with Crippen LogP contribution in [0.4, 0.5) is 0 Å². The predicted molar refractivity (Wildman–Crippen MR) is 60.9 cm³/mol. The van der Waals surface area contributed by atoms with Crippen LogP contribution in [0.5, 0.6) is 0 Å². The molecule has 0 unspecified atom stereocenters. The number of hydrogen-bond acceptors (Lipinski definition) is 10.